The highest BCUT2D eigenvalue weighted by molar-refractivity contribution is 6.21. The van der Waals surface area contributed by atoms with E-state index in [0.29, 0.717) is 18.5 Å². The predicted molar refractivity (Wildman–Crippen MR) is 44.4 cm³/mol. The molecule has 0 aromatic rings. The molecule has 1 aliphatic rings. The summed E-state index contributed by atoms with van der Waals surface area (Å²) in [5, 5.41) is 0. The molecule has 2 radical (unpaired) electrons. The van der Waals surface area contributed by atoms with E-state index in [1.54, 1.807) is 0 Å². The Morgan fingerprint density at radius 2 is 2.36 bits per heavy atom. The van der Waals surface area contributed by atoms with Gasteiger partial charge in [-0.15, -0.1) is 12.1 Å². The van der Waals surface area contributed by atoms with Gasteiger partial charge in [0.1, 0.15) is 7.85 Å². The number of ether oxygens (including phenoxy) is 2. The number of hydrogen-bond acceptors (Lipinski definition) is 2. The van der Waals surface area contributed by atoms with Crippen LogP contribution < -0.4 is 0 Å². The minimum Gasteiger partial charge on any atom is -0.348 e. The van der Waals surface area contributed by atoms with E-state index >= 15 is 0 Å². The summed E-state index contributed by atoms with van der Waals surface area (Å²) in [7, 11) is 5.43. The second-order valence-electron chi connectivity index (χ2n) is 3.31. The van der Waals surface area contributed by atoms with Crippen LogP contribution in [0.4, 0.5) is 0 Å². The first-order valence-electron chi connectivity index (χ1n) is 3.74. The average Bonchev–Trinajstić information content (AvgIpc) is 2.08. The topological polar surface area (TPSA) is 18.5 Å². The van der Waals surface area contributed by atoms with Gasteiger partial charge >= 0.3 is 0 Å². The van der Waals surface area contributed by atoms with Crippen LogP contribution in [0.5, 0.6) is 0 Å². The Morgan fingerprint density at radius 3 is 2.73 bits per heavy atom. The van der Waals surface area contributed by atoms with E-state index in [2.05, 4.69) is 6.58 Å². The molecule has 3 heteroatoms. The summed E-state index contributed by atoms with van der Waals surface area (Å²) < 4.78 is 10.8. The van der Waals surface area contributed by atoms with E-state index in [9.17, 15) is 0 Å². The molecule has 1 rings (SSSR count). The molecule has 1 atom stereocenters. The van der Waals surface area contributed by atoms with Gasteiger partial charge in [-0.05, 0) is 20.3 Å². The lowest BCUT2D eigenvalue weighted by Crippen LogP contribution is -2.21. The highest BCUT2D eigenvalue weighted by Gasteiger charge is 2.31. The van der Waals surface area contributed by atoms with Crippen molar-refractivity contribution in [2.45, 2.75) is 32.2 Å². The molecule has 0 spiro atoms. The first kappa shape index (κ1) is 8.82. The van der Waals surface area contributed by atoms with Crippen molar-refractivity contribution < 1.29 is 9.47 Å². The molecule has 1 aliphatic heterocycles. The molecule has 60 valence electrons. The van der Waals surface area contributed by atoms with Crippen LogP contribution in [0.2, 0.25) is 0 Å². The van der Waals surface area contributed by atoms with Crippen molar-refractivity contribution in [1.29, 1.82) is 0 Å². The highest BCUT2D eigenvalue weighted by Crippen LogP contribution is 2.24. The lowest BCUT2D eigenvalue weighted by molar-refractivity contribution is -0.137. The van der Waals surface area contributed by atoms with Crippen LogP contribution in [0.15, 0.2) is 12.1 Å². The van der Waals surface area contributed by atoms with Crippen LogP contribution >= 0.6 is 0 Å². The Balaban J connectivity index is 2.36. The molecule has 0 aromatic carbocycles. The second-order valence-corrected chi connectivity index (χ2v) is 3.31. The fraction of sp³-hybridized carbons (Fsp3) is 0.750. The van der Waals surface area contributed by atoms with Crippen LogP contribution in [-0.4, -0.2) is 26.3 Å². The summed E-state index contributed by atoms with van der Waals surface area (Å²) in [6.45, 7) is 8.01. The minimum absolute atomic E-state index is 0.0856. The van der Waals surface area contributed by atoms with Gasteiger partial charge in [-0.1, -0.05) is 0 Å². The van der Waals surface area contributed by atoms with Crippen molar-refractivity contribution in [3.8, 4) is 0 Å². The zero-order chi connectivity index (χ0) is 8.48. The van der Waals surface area contributed by atoms with E-state index < -0.39 is 5.79 Å². The highest BCUT2D eigenvalue weighted by atomic mass is 16.7. The Bertz CT molecular complexity index is 165. The van der Waals surface area contributed by atoms with Gasteiger partial charge in [0, 0.05) is 0 Å². The molecular formula is C8H13BO2. The van der Waals surface area contributed by atoms with Gasteiger partial charge in [0.25, 0.3) is 0 Å². The Kier molecular flexibility index (Phi) is 2.40. The summed E-state index contributed by atoms with van der Waals surface area (Å²) in [6.07, 6.45) is 0.770. The molecule has 0 aliphatic carbocycles. The molecule has 0 bridgehead atoms. The van der Waals surface area contributed by atoms with Gasteiger partial charge in [0.05, 0.1) is 12.7 Å². The van der Waals surface area contributed by atoms with E-state index in [1.165, 1.54) is 0 Å². The first-order chi connectivity index (χ1) is 4.99. The number of hydrogen-bond donors (Lipinski definition) is 0. The summed E-state index contributed by atoms with van der Waals surface area (Å²) in [6, 6.07) is 0. The van der Waals surface area contributed by atoms with Crippen molar-refractivity contribution in [3.05, 3.63) is 12.1 Å². The summed E-state index contributed by atoms with van der Waals surface area (Å²) in [5.41, 5.74) is 0.649. The van der Waals surface area contributed by atoms with E-state index in [0.717, 1.165) is 0 Å². The molecule has 1 fully saturated rings. The Hall–Kier alpha value is -0.275. The quantitative estimate of drug-likeness (QED) is 0.553. The molecule has 0 amide bonds. The fourth-order valence-electron chi connectivity index (χ4n) is 1.16. The lowest BCUT2D eigenvalue weighted by Gasteiger charge is -2.16. The maximum atomic E-state index is 5.50. The minimum atomic E-state index is -0.444. The van der Waals surface area contributed by atoms with E-state index in [1.807, 2.05) is 13.8 Å². The van der Waals surface area contributed by atoms with Crippen molar-refractivity contribution in [2.75, 3.05) is 6.61 Å². The van der Waals surface area contributed by atoms with Crippen molar-refractivity contribution >= 4 is 7.85 Å². The molecule has 0 saturated carbocycles. The van der Waals surface area contributed by atoms with Gasteiger partial charge in [-0.3, -0.25) is 0 Å². The SMILES string of the molecule is [B]C(=C)C[C@@H]1COC(C)(C)O1. The zero-order valence-corrected chi connectivity index (χ0v) is 7.09. The van der Waals surface area contributed by atoms with E-state index in [4.69, 9.17) is 17.3 Å². The molecule has 11 heavy (non-hydrogen) atoms. The van der Waals surface area contributed by atoms with Gasteiger partial charge < -0.3 is 9.47 Å². The maximum absolute atomic E-state index is 5.50. The molecule has 1 heterocycles. The van der Waals surface area contributed by atoms with Crippen LogP contribution in [0.3, 0.4) is 0 Å². The smallest absolute Gasteiger partial charge is 0.163 e. The van der Waals surface area contributed by atoms with Gasteiger partial charge in [-0.2, -0.15) is 0 Å². The van der Waals surface area contributed by atoms with Crippen LogP contribution in [-0.2, 0) is 9.47 Å². The molecule has 0 unspecified atom stereocenters. The van der Waals surface area contributed by atoms with Gasteiger partial charge in [-0.25, -0.2) is 0 Å². The van der Waals surface area contributed by atoms with Crippen molar-refractivity contribution in [2.24, 2.45) is 0 Å². The second kappa shape index (κ2) is 2.99. The molecule has 1 saturated heterocycles. The third-order valence-corrected chi connectivity index (χ3v) is 1.56. The normalized spacial score (nSPS) is 28.7. The summed E-state index contributed by atoms with van der Waals surface area (Å²) in [4.78, 5) is 0. The standard InChI is InChI=1S/C8H13BO2/c1-6(9)4-7-5-10-8(2,3)11-7/h7H,1,4-5H2,2-3H3/t7-/m1/s1. The first-order valence-corrected chi connectivity index (χ1v) is 3.74. The largest absolute Gasteiger partial charge is 0.348 e. The Morgan fingerprint density at radius 1 is 1.73 bits per heavy atom. The third-order valence-electron chi connectivity index (χ3n) is 1.56. The molecular weight excluding hydrogens is 139 g/mol. The fourth-order valence-corrected chi connectivity index (χ4v) is 1.16. The van der Waals surface area contributed by atoms with Crippen LogP contribution in [0.1, 0.15) is 20.3 Å². The van der Waals surface area contributed by atoms with Crippen molar-refractivity contribution in [1.82, 2.24) is 0 Å². The maximum Gasteiger partial charge on any atom is 0.163 e. The Labute approximate surface area is 69.0 Å². The predicted octanol–water partition coefficient (Wildman–Crippen LogP) is 1.21. The molecule has 2 nitrogen and oxygen atoms in total. The van der Waals surface area contributed by atoms with Gasteiger partial charge in [0.15, 0.2) is 5.79 Å². The summed E-state index contributed by atoms with van der Waals surface area (Å²) >= 11 is 0. The van der Waals surface area contributed by atoms with Crippen molar-refractivity contribution in [3.63, 3.8) is 0 Å². The molecule has 0 aromatic heterocycles. The number of rotatable bonds is 2. The van der Waals surface area contributed by atoms with Crippen LogP contribution in [0.25, 0.3) is 0 Å². The lowest BCUT2D eigenvalue weighted by atomic mass is 9.92. The van der Waals surface area contributed by atoms with E-state index in [-0.39, 0.29) is 6.10 Å². The third kappa shape index (κ3) is 2.68. The zero-order valence-electron chi connectivity index (χ0n) is 7.09. The average molecular weight is 152 g/mol. The van der Waals surface area contributed by atoms with Crippen LogP contribution in [0, 0.1) is 0 Å². The van der Waals surface area contributed by atoms with Gasteiger partial charge in [0.2, 0.25) is 0 Å². The summed E-state index contributed by atoms with van der Waals surface area (Å²) in [5.74, 6) is -0.444. The molecule has 0 N–H and O–H groups in total. The monoisotopic (exact) mass is 152 g/mol.